The number of thiazole rings is 1. The molecule has 0 fully saturated rings. The lowest BCUT2D eigenvalue weighted by atomic mass is 10.2. The summed E-state index contributed by atoms with van der Waals surface area (Å²) in [7, 11) is 0. The molecule has 6 heteroatoms. The van der Waals surface area contributed by atoms with Crippen molar-refractivity contribution >= 4 is 17.3 Å². The molecule has 0 spiro atoms. The van der Waals surface area contributed by atoms with E-state index >= 15 is 0 Å². The molecule has 136 valence electrons. The monoisotopic (exact) mass is 360 g/mol. The van der Waals surface area contributed by atoms with E-state index in [4.69, 9.17) is 4.74 Å². The fourth-order valence-corrected chi connectivity index (χ4v) is 3.24. The summed E-state index contributed by atoms with van der Waals surface area (Å²) in [5.41, 5.74) is 2.24. The molecular formula is C19H28N4OS. The molecule has 0 saturated carbocycles. The van der Waals surface area contributed by atoms with Crippen LogP contribution in [0.4, 0.5) is 0 Å². The second-order valence-electron chi connectivity index (χ2n) is 6.10. The van der Waals surface area contributed by atoms with Crippen molar-refractivity contribution in [1.29, 1.82) is 0 Å². The minimum Gasteiger partial charge on any atom is -0.491 e. The van der Waals surface area contributed by atoms with Gasteiger partial charge in [-0.2, -0.15) is 0 Å². The van der Waals surface area contributed by atoms with Gasteiger partial charge in [-0.25, -0.2) is 9.98 Å². The third-order valence-corrected chi connectivity index (χ3v) is 4.55. The highest BCUT2D eigenvalue weighted by Gasteiger charge is 2.06. The van der Waals surface area contributed by atoms with E-state index < -0.39 is 0 Å². The average molecular weight is 361 g/mol. The third-order valence-electron chi connectivity index (χ3n) is 3.48. The number of aliphatic imine (C=N–C) groups is 1. The van der Waals surface area contributed by atoms with Gasteiger partial charge in [0.15, 0.2) is 5.96 Å². The van der Waals surface area contributed by atoms with Gasteiger partial charge < -0.3 is 15.4 Å². The Hall–Kier alpha value is -2.08. The van der Waals surface area contributed by atoms with Gasteiger partial charge in [0.2, 0.25) is 0 Å². The first-order chi connectivity index (χ1) is 12.0. The number of guanidine groups is 1. The number of nitrogens with zero attached hydrogens (tertiary/aromatic N) is 2. The van der Waals surface area contributed by atoms with E-state index in [2.05, 4.69) is 39.7 Å². The molecule has 1 aromatic carbocycles. The number of hydrogen-bond donors (Lipinski definition) is 2. The number of hydrogen-bond acceptors (Lipinski definition) is 4. The molecule has 5 nitrogen and oxygen atoms in total. The molecule has 0 saturated heterocycles. The predicted octanol–water partition coefficient (Wildman–Crippen LogP) is 3.80. The summed E-state index contributed by atoms with van der Waals surface area (Å²) in [6.45, 7) is 12.4. The molecule has 0 aliphatic rings. The fourth-order valence-electron chi connectivity index (χ4n) is 2.36. The van der Waals surface area contributed by atoms with Crippen LogP contribution >= 0.6 is 11.3 Å². The molecule has 2 N–H and O–H groups in total. The maximum absolute atomic E-state index is 5.67. The van der Waals surface area contributed by atoms with Crippen LogP contribution in [0.2, 0.25) is 0 Å². The van der Waals surface area contributed by atoms with Gasteiger partial charge >= 0.3 is 0 Å². The highest BCUT2D eigenvalue weighted by molar-refractivity contribution is 7.11. The first-order valence-corrected chi connectivity index (χ1v) is 9.50. The second kappa shape index (κ2) is 9.42. The highest BCUT2D eigenvalue weighted by Crippen LogP contribution is 2.17. The Morgan fingerprint density at radius 1 is 1.20 bits per heavy atom. The molecule has 0 unspecified atom stereocenters. The van der Waals surface area contributed by atoms with Gasteiger partial charge in [-0.3, -0.25) is 0 Å². The minimum absolute atomic E-state index is 0.187. The SMILES string of the molecule is CCNC(=NCc1ccc(OC(C)C)cc1)NCc1sc(C)nc1C. The van der Waals surface area contributed by atoms with Gasteiger partial charge in [0, 0.05) is 11.4 Å². The number of aromatic nitrogens is 1. The summed E-state index contributed by atoms with van der Waals surface area (Å²) < 4.78 is 5.67. The van der Waals surface area contributed by atoms with E-state index in [1.165, 1.54) is 4.88 Å². The van der Waals surface area contributed by atoms with Crippen LogP contribution in [-0.4, -0.2) is 23.6 Å². The topological polar surface area (TPSA) is 58.5 Å². The van der Waals surface area contributed by atoms with Crippen molar-refractivity contribution in [2.75, 3.05) is 6.54 Å². The maximum atomic E-state index is 5.67. The summed E-state index contributed by atoms with van der Waals surface area (Å²) in [6, 6.07) is 8.10. The molecule has 2 rings (SSSR count). The van der Waals surface area contributed by atoms with Crippen LogP contribution in [0, 0.1) is 13.8 Å². The van der Waals surface area contributed by atoms with Crippen molar-refractivity contribution < 1.29 is 4.74 Å². The van der Waals surface area contributed by atoms with Crippen molar-refractivity contribution in [3.8, 4) is 5.75 Å². The summed E-state index contributed by atoms with van der Waals surface area (Å²) in [5.74, 6) is 1.71. The Bertz CT molecular complexity index is 692. The van der Waals surface area contributed by atoms with Crippen LogP contribution < -0.4 is 15.4 Å². The van der Waals surface area contributed by atoms with E-state index in [-0.39, 0.29) is 6.10 Å². The average Bonchev–Trinajstić information content (AvgIpc) is 2.88. The van der Waals surface area contributed by atoms with E-state index in [1.54, 1.807) is 11.3 Å². The van der Waals surface area contributed by atoms with Gasteiger partial charge in [-0.05, 0) is 52.3 Å². The van der Waals surface area contributed by atoms with Crippen molar-refractivity contribution in [1.82, 2.24) is 15.6 Å². The lowest BCUT2D eigenvalue weighted by molar-refractivity contribution is 0.242. The molecule has 0 amide bonds. The Balaban J connectivity index is 1.95. The first kappa shape index (κ1) is 19.2. The number of benzene rings is 1. The van der Waals surface area contributed by atoms with Crippen molar-refractivity contribution in [2.24, 2.45) is 4.99 Å². The van der Waals surface area contributed by atoms with E-state index in [1.807, 2.05) is 39.8 Å². The zero-order valence-corrected chi connectivity index (χ0v) is 16.5. The summed E-state index contributed by atoms with van der Waals surface area (Å²) >= 11 is 1.72. The molecule has 0 bridgehead atoms. The van der Waals surface area contributed by atoms with E-state index in [0.717, 1.165) is 41.1 Å². The summed E-state index contributed by atoms with van der Waals surface area (Å²) in [5, 5.41) is 7.77. The normalized spacial score (nSPS) is 11.7. The minimum atomic E-state index is 0.187. The fraction of sp³-hybridized carbons (Fsp3) is 0.474. The molecule has 0 aliphatic carbocycles. The predicted molar refractivity (Wildman–Crippen MR) is 105 cm³/mol. The molecule has 1 heterocycles. The van der Waals surface area contributed by atoms with Crippen LogP contribution in [0.25, 0.3) is 0 Å². The Morgan fingerprint density at radius 2 is 1.92 bits per heavy atom. The zero-order chi connectivity index (χ0) is 18.2. The van der Waals surface area contributed by atoms with Crippen molar-refractivity contribution in [3.05, 3.63) is 45.4 Å². The van der Waals surface area contributed by atoms with Crippen molar-refractivity contribution in [2.45, 2.75) is 53.8 Å². The Kier molecular flexibility index (Phi) is 7.25. The summed E-state index contributed by atoms with van der Waals surface area (Å²) in [4.78, 5) is 10.4. The molecule has 2 aromatic rings. The molecule has 1 aromatic heterocycles. The van der Waals surface area contributed by atoms with Gasteiger partial charge in [0.05, 0.1) is 29.9 Å². The quantitative estimate of drug-likeness (QED) is 0.582. The second-order valence-corrected chi connectivity index (χ2v) is 7.39. The van der Waals surface area contributed by atoms with E-state index in [9.17, 15) is 0 Å². The van der Waals surface area contributed by atoms with Crippen LogP contribution in [0.1, 0.15) is 41.9 Å². The number of ether oxygens (including phenoxy) is 1. The molecular weight excluding hydrogens is 332 g/mol. The molecule has 0 atom stereocenters. The largest absolute Gasteiger partial charge is 0.491 e. The summed E-state index contributed by atoms with van der Waals surface area (Å²) in [6.07, 6.45) is 0.187. The molecule has 25 heavy (non-hydrogen) atoms. The standard InChI is InChI=1S/C19H28N4OS/c1-6-20-19(22-12-18-14(4)23-15(5)25-18)21-11-16-7-9-17(10-8-16)24-13(2)3/h7-10,13H,6,11-12H2,1-5H3,(H2,20,21,22). The van der Waals surface area contributed by atoms with Gasteiger partial charge in [-0.15, -0.1) is 11.3 Å². The highest BCUT2D eigenvalue weighted by atomic mass is 32.1. The van der Waals surface area contributed by atoms with Crippen LogP contribution in [0.5, 0.6) is 5.75 Å². The molecule has 0 aliphatic heterocycles. The van der Waals surface area contributed by atoms with Gasteiger partial charge in [0.1, 0.15) is 5.75 Å². The first-order valence-electron chi connectivity index (χ1n) is 8.68. The van der Waals surface area contributed by atoms with Gasteiger partial charge in [0.25, 0.3) is 0 Å². The number of aryl methyl sites for hydroxylation is 2. The van der Waals surface area contributed by atoms with Crippen molar-refractivity contribution in [3.63, 3.8) is 0 Å². The lowest BCUT2D eigenvalue weighted by Crippen LogP contribution is -2.36. The van der Waals surface area contributed by atoms with Crippen LogP contribution in [0.15, 0.2) is 29.3 Å². The Morgan fingerprint density at radius 3 is 2.48 bits per heavy atom. The van der Waals surface area contributed by atoms with Crippen LogP contribution in [-0.2, 0) is 13.1 Å². The number of nitrogens with one attached hydrogen (secondary N) is 2. The van der Waals surface area contributed by atoms with Gasteiger partial charge in [-0.1, -0.05) is 12.1 Å². The van der Waals surface area contributed by atoms with E-state index in [0.29, 0.717) is 6.54 Å². The lowest BCUT2D eigenvalue weighted by Gasteiger charge is -2.11. The van der Waals surface area contributed by atoms with Crippen LogP contribution in [0.3, 0.4) is 0 Å². The zero-order valence-electron chi connectivity index (χ0n) is 15.7. The maximum Gasteiger partial charge on any atom is 0.191 e. The number of rotatable bonds is 7. The third kappa shape index (κ3) is 6.38. The molecule has 0 radical (unpaired) electrons. The Labute approximate surface area is 154 Å². The smallest absolute Gasteiger partial charge is 0.191 e.